The van der Waals surface area contributed by atoms with Gasteiger partial charge in [-0.05, 0) is 0 Å². The predicted octanol–water partition coefficient (Wildman–Crippen LogP) is -1.83. The first-order valence-electron chi connectivity index (χ1n) is 2.93. The number of aromatic carboxylic acids is 1. The normalized spacial score (nSPS) is 9.75. The number of hydrogen-bond donors (Lipinski definition) is 2. The van der Waals surface area contributed by atoms with Gasteiger partial charge in [0, 0.05) is 7.05 Å². The Morgan fingerprint density at radius 3 is 2.67 bits per heavy atom. The zero-order chi connectivity index (χ0) is 9.30. The molecule has 0 atom stereocenters. The Balaban J connectivity index is 3.58. The van der Waals surface area contributed by atoms with Gasteiger partial charge in [-0.15, -0.1) is 0 Å². The minimum Gasteiger partial charge on any atom is -0.476 e. The summed E-state index contributed by atoms with van der Waals surface area (Å²) in [5, 5.41) is 13.3. The number of rotatable bonds is 1. The van der Waals surface area contributed by atoms with Gasteiger partial charge in [-0.1, -0.05) is 0 Å². The molecular formula is C5H5N3O4. The lowest BCUT2D eigenvalue weighted by Crippen LogP contribution is -2.37. The SMILES string of the molecule is Cn1c(=O)[nH]nc(C(=O)O)c1=O. The molecule has 64 valence electrons. The summed E-state index contributed by atoms with van der Waals surface area (Å²) in [7, 11) is 1.16. The van der Waals surface area contributed by atoms with Crippen LogP contribution in [-0.4, -0.2) is 25.8 Å². The van der Waals surface area contributed by atoms with Crippen molar-refractivity contribution in [2.75, 3.05) is 0 Å². The van der Waals surface area contributed by atoms with Crippen LogP contribution in [0.15, 0.2) is 9.59 Å². The maximum absolute atomic E-state index is 10.9. The van der Waals surface area contributed by atoms with Gasteiger partial charge in [0.2, 0.25) is 5.69 Å². The van der Waals surface area contributed by atoms with Crippen molar-refractivity contribution in [3.05, 3.63) is 26.5 Å². The third-order valence-electron chi connectivity index (χ3n) is 1.28. The molecule has 7 heteroatoms. The quantitative estimate of drug-likeness (QED) is 0.516. The minimum atomic E-state index is -1.47. The molecule has 1 heterocycles. The van der Waals surface area contributed by atoms with Crippen LogP contribution in [0.4, 0.5) is 0 Å². The highest BCUT2D eigenvalue weighted by molar-refractivity contribution is 5.84. The van der Waals surface area contributed by atoms with E-state index >= 15 is 0 Å². The topological polar surface area (TPSA) is 105 Å². The largest absolute Gasteiger partial charge is 0.476 e. The second-order valence-electron chi connectivity index (χ2n) is 2.05. The van der Waals surface area contributed by atoms with Crippen LogP contribution in [0.25, 0.3) is 0 Å². The average Bonchev–Trinajstić information content (AvgIpc) is 2.00. The van der Waals surface area contributed by atoms with Crippen LogP contribution in [0.2, 0.25) is 0 Å². The maximum Gasteiger partial charge on any atom is 0.362 e. The van der Waals surface area contributed by atoms with E-state index < -0.39 is 22.9 Å². The van der Waals surface area contributed by atoms with Gasteiger partial charge in [0.15, 0.2) is 0 Å². The predicted molar refractivity (Wildman–Crippen MR) is 37.1 cm³/mol. The number of nitrogens with zero attached hydrogens (tertiary/aromatic N) is 2. The van der Waals surface area contributed by atoms with Gasteiger partial charge in [-0.25, -0.2) is 14.7 Å². The highest BCUT2D eigenvalue weighted by Gasteiger charge is 2.12. The van der Waals surface area contributed by atoms with Gasteiger partial charge in [-0.3, -0.25) is 9.36 Å². The fraction of sp³-hybridized carbons (Fsp3) is 0.200. The number of carboxylic acid groups (broad SMARTS) is 1. The van der Waals surface area contributed by atoms with E-state index in [4.69, 9.17) is 5.11 Å². The zero-order valence-electron chi connectivity index (χ0n) is 6.07. The summed E-state index contributed by atoms with van der Waals surface area (Å²) in [4.78, 5) is 31.9. The molecule has 0 fully saturated rings. The summed E-state index contributed by atoms with van der Waals surface area (Å²) in [5.41, 5.74) is -2.37. The van der Waals surface area contributed by atoms with Gasteiger partial charge in [0.1, 0.15) is 0 Å². The smallest absolute Gasteiger partial charge is 0.362 e. The van der Waals surface area contributed by atoms with Crippen molar-refractivity contribution in [1.29, 1.82) is 0 Å². The molecule has 0 bridgehead atoms. The molecule has 0 spiro atoms. The number of aromatic nitrogens is 3. The first-order valence-corrected chi connectivity index (χ1v) is 2.93. The van der Waals surface area contributed by atoms with E-state index in [-0.39, 0.29) is 0 Å². The molecule has 0 saturated carbocycles. The molecule has 0 unspecified atom stereocenters. The van der Waals surface area contributed by atoms with Crippen LogP contribution in [0.1, 0.15) is 10.5 Å². The number of H-pyrrole nitrogens is 1. The van der Waals surface area contributed by atoms with Crippen LogP contribution in [0.3, 0.4) is 0 Å². The lowest BCUT2D eigenvalue weighted by molar-refractivity contribution is 0.0685. The number of aromatic amines is 1. The van der Waals surface area contributed by atoms with E-state index in [1.54, 1.807) is 0 Å². The molecule has 0 radical (unpaired) electrons. The third-order valence-corrected chi connectivity index (χ3v) is 1.28. The molecule has 0 aliphatic heterocycles. The van der Waals surface area contributed by atoms with E-state index in [0.717, 1.165) is 7.05 Å². The summed E-state index contributed by atoms with van der Waals surface area (Å²) >= 11 is 0. The second-order valence-corrected chi connectivity index (χ2v) is 2.05. The first kappa shape index (κ1) is 8.18. The molecule has 0 aliphatic rings. The summed E-state index contributed by atoms with van der Waals surface area (Å²) < 4.78 is 0.635. The van der Waals surface area contributed by atoms with Gasteiger partial charge in [0.05, 0.1) is 0 Å². The summed E-state index contributed by atoms with van der Waals surface area (Å²) in [6, 6.07) is 0. The monoisotopic (exact) mass is 171 g/mol. The Bertz CT molecular complexity index is 429. The van der Waals surface area contributed by atoms with Gasteiger partial charge in [0.25, 0.3) is 5.56 Å². The van der Waals surface area contributed by atoms with Crippen molar-refractivity contribution in [1.82, 2.24) is 14.8 Å². The standard InChI is InChI=1S/C5H5N3O4/c1-8-3(9)2(4(10)11)6-7-5(8)12/h1H3,(H,7,12)(H,10,11). The Kier molecular flexibility index (Phi) is 1.78. The number of carbonyl (C=O) groups is 1. The zero-order valence-corrected chi connectivity index (χ0v) is 6.07. The Morgan fingerprint density at radius 1 is 1.58 bits per heavy atom. The van der Waals surface area contributed by atoms with E-state index in [9.17, 15) is 14.4 Å². The number of carboxylic acids is 1. The molecule has 0 aliphatic carbocycles. The highest BCUT2D eigenvalue weighted by Crippen LogP contribution is 1.77. The molecule has 1 rings (SSSR count). The van der Waals surface area contributed by atoms with Gasteiger partial charge >= 0.3 is 11.7 Å². The maximum atomic E-state index is 10.9. The van der Waals surface area contributed by atoms with Crippen molar-refractivity contribution >= 4 is 5.97 Å². The summed E-state index contributed by atoms with van der Waals surface area (Å²) in [5.74, 6) is -1.47. The molecule has 1 aromatic rings. The fourth-order valence-electron chi connectivity index (χ4n) is 0.617. The third kappa shape index (κ3) is 1.11. The second kappa shape index (κ2) is 2.61. The molecule has 0 saturated heterocycles. The van der Waals surface area contributed by atoms with Crippen LogP contribution in [-0.2, 0) is 7.05 Å². The molecule has 12 heavy (non-hydrogen) atoms. The van der Waals surface area contributed by atoms with Gasteiger partial charge in [-0.2, -0.15) is 5.10 Å². The minimum absolute atomic E-state index is 0.635. The van der Waals surface area contributed by atoms with Crippen LogP contribution >= 0.6 is 0 Å². The number of hydrogen-bond acceptors (Lipinski definition) is 4. The summed E-state index contributed by atoms with van der Waals surface area (Å²) in [6.07, 6.45) is 0. The van der Waals surface area contributed by atoms with E-state index in [1.807, 2.05) is 5.10 Å². The lowest BCUT2D eigenvalue weighted by Gasteiger charge is -1.94. The molecular weight excluding hydrogens is 166 g/mol. The first-order chi connectivity index (χ1) is 5.54. The fourth-order valence-corrected chi connectivity index (χ4v) is 0.617. The molecule has 0 aromatic carbocycles. The van der Waals surface area contributed by atoms with Crippen LogP contribution < -0.4 is 11.2 Å². The molecule has 7 nitrogen and oxygen atoms in total. The van der Waals surface area contributed by atoms with Crippen molar-refractivity contribution in [2.45, 2.75) is 0 Å². The number of nitrogens with one attached hydrogen (secondary N) is 1. The van der Waals surface area contributed by atoms with Gasteiger partial charge < -0.3 is 5.11 Å². The van der Waals surface area contributed by atoms with Crippen molar-refractivity contribution in [3.8, 4) is 0 Å². The van der Waals surface area contributed by atoms with Crippen molar-refractivity contribution in [3.63, 3.8) is 0 Å². The van der Waals surface area contributed by atoms with Crippen molar-refractivity contribution in [2.24, 2.45) is 7.05 Å². The average molecular weight is 171 g/mol. The lowest BCUT2D eigenvalue weighted by atomic mass is 10.5. The van der Waals surface area contributed by atoms with Crippen molar-refractivity contribution < 1.29 is 9.90 Å². The highest BCUT2D eigenvalue weighted by atomic mass is 16.4. The molecule has 0 amide bonds. The van der Waals surface area contributed by atoms with E-state index in [1.165, 1.54) is 0 Å². The molecule has 1 aromatic heterocycles. The Labute approximate surface area is 65.3 Å². The Morgan fingerprint density at radius 2 is 2.17 bits per heavy atom. The summed E-state index contributed by atoms with van der Waals surface area (Å²) in [6.45, 7) is 0. The van der Waals surface area contributed by atoms with E-state index in [2.05, 4.69) is 5.10 Å². The van der Waals surface area contributed by atoms with Crippen LogP contribution in [0.5, 0.6) is 0 Å². The van der Waals surface area contributed by atoms with E-state index in [0.29, 0.717) is 4.57 Å². The van der Waals surface area contributed by atoms with Crippen LogP contribution in [0, 0.1) is 0 Å². The Hall–Kier alpha value is -1.92. The molecule has 2 N–H and O–H groups in total.